The van der Waals surface area contributed by atoms with E-state index in [0.29, 0.717) is 0 Å². The van der Waals surface area contributed by atoms with Crippen LogP contribution >= 0.6 is 0 Å². The number of hydrogen-bond acceptors (Lipinski definition) is 4. The number of aliphatic hydroxyl groups is 3. The minimum Gasteiger partial charge on any atom is -0.395 e. The van der Waals surface area contributed by atoms with Gasteiger partial charge in [-0.05, 0) is 13.0 Å². The second-order valence-electron chi connectivity index (χ2n) is 3.58. The number of aliphatic hydroxyl groups excluding tert-OH is 3. The van der Waals surface area contributed by atoms with Crippen molar-refractivity contribution in [3.05, 3.63) is 0 Å². The van der Waals surface area contributed by atoms with Gasteiger partial charge in [0.05, 0.1) is 31.4 Å². The molecular formula is C9H19NO3. The lowest BCUT2D eigenvalue weighted by Crippen LogP contribution is -2.70. The van der Waals surface area contributed by atoms with Crippen LogP contribution in [0.2, 0.25) is 0 Å². The van der Waals surface area contributed by atoms with E-state index in [2.05, 4.69) is 6.92 Å². The summed E-state index contributed by atoms with van der Waals surface area (Å²) in [6.07, 6.45) is 1.56. The molecule has 1 aliphatic rings. The number of hydrogen-bond donors (Lipinski definition) is 3. The molecule has 0 radical (unpaired) electrons. The molecule has 78 valence electrons. The van der Waals surface area contributed by atoms with Crippen LogP contribution < -0.4 is 0 Å². The van der Waals surface area contributed by atoms with Crippen molar-refractivity contribution in [1.82, 2.24) is 4.90 Å². The Balaban J connectivity index is 2.39. The molecule has 0 aromatic heterocycles. The molecule has 0 saturated carbocycles. The van der Waals surface area contributed by atoms with E-state index in [1.807, 2.05) is 4.90 Å². The van der Waals surface area contributed by atoms with E-state index < -0.39 is 6.10 Å². The van der Waals surface area contributed by atoms with Crippen LogP contribution in [0.1, 0.15) is 19.8 Å². The highest BCUT2D eigenvalue weighted by Gasteiger charge is 2.45. The molecule has 0 bridgehead atoms. The number of likely N-dealkylation sites (tertiary alicyclic amines) is 1. The van der Waals surface area contributed by atoms with Gasteiger partial charge in [0.25, 0.3) is 0 Å². The van der Waals surface area contributed by atoms with Crippen molar-refractivity contribution in [2.45, 2.75) is 38.0 Å². The Kier molecular flexibility index (Phi) is 4.12. The van der Waals surface area contributed by atoms with E-state index in [0.717, 1.165) is 19.4 Å². The highest BCUT2D eigenvalue weighted by atomic mass is 16.3. The molecule has 4 heteroatoms. The first-order chi connectivity index (χ1) is 6.26. The van der Waals surface area contributed by atoms with Crippen molar-refractivity contribution in [3.8, 4) is 0 Å². The van der Waals surface area contributed by atoms with Gasteiger partial charge in [0.2, 0.25) is 0 Å². The van der Waals surface area contributed by atoms with E-state index in [9.17, 15) is 5.11 Å². The Bertz CT molecular complexity index is 142. The molecule has 1 fully saturated rings. The molecule has 0 aliphatic carbocycles. The number of unbranched alkanes of at least 4 members (excludes halogenated alkanes) is 1. The minimum atomic E-state index is -0.563. The van der Waals surface area contributed by atoms with E-state index in [1.54, 1.807) is 0 Å². The molecule has 0 unspecified atom stereocenters. The summed E-state index contributed by atoms with van der Waals surface area (Å²) in [5.74, 6) is 0. The smallest absolute Gasteiger partial charge is 0.0895 e. The zero-order valence-corrected chi connectivity index (χ0v) is 8.06. The lowest BCUT2D eigenvalue weighted by atomic mass is 9.89. The van der Waals surface area contributed by atoms with Gasteiger partial charge in [-0.15, -0.1) is 0 Å². The van der Waals surface area contributed by atoms with Gasteiger partial charge < -0.3 is 15.3 Å². The van der Waals surface area contributed by atoms with Crippen LogP contribution in [0.5, 0.6) is 0 Å². The quantitative estimate of drug-likeness (QED) is 0.529. The zero-order chi connectivity index (χ0) is 9.84. The fraction of sp³-hybridized carbons (Fsp3) is 1.00. The van der Waals surface area contributed by atoms with Crippen LogP contribution in [0.3, 0.4) is 0 Å². The van der Waals surface area contributed by atoms with Crippen molar-refractivity contribution in [1.29, 1.82) is 0 Å². The molecule has 2 atom stereocenters. The Morgan fingerprint density at radius 1 is 1.15 bits per heavy atom. The summed E-state index contributed by atoms with van der Waals surface area (Å²) in [6.45, 7) is 2.89. The van der Waals surface area contributed by atoms with E-state index >= 15 is 0 Å². The van der Waals surface area contributed by atoms with Gasteiger partial charge in [-0.1, -0.05) is 13.3 Å². The largest absolute Gasteiger partial charge is 0.395 e. The first kappa shape index (κ1) is 10.9. The van der Waals surface area contributed by atoms with Crippen LogP contribution in [-0.2, 0) is 0 Å². The standard InChI is InChI=1S/C9H19NO3/c1-2-3-4-10-7(5-11)9(13)8(10)6-12/h7-9,11-13H,2-6H2,1H3/t7-,8-/m1/s1. The maximum Gasteiger partial charge on any atom is 0.0895 e. The Morgan fingerprint density at radius 2 is 1.69 bits per heavy atom. The van der Waals surface area contributed by atoms with Crippen LogP contribution in [0.15, 0.2) is 0 Å². The van der Waals surface area contributed by atoms with Crippen molar-refractivity contribution < 1.29 is 15.3 Å². The van der Waals surface area contributed by atoms with Crippen LogP contribution in [0.25, 0.3) is 0 Å². The van der Waals surface area contributed by atoms with Gasteiger partial charge in [-0.25, -0.2) is 0 Å². The number of nitrogens with zero attached hydrogens (tertiary/aromatic N) is 1. The lowest BCUT2D eigenvalue weighted by Gasteiger charge is -2.51. The van der Waals surface area contributed by atoms with Crippen molar-refractivity contribution in [2.24, 2.45) is 0 Å². The zero-order valence-electron chi connectivity index (χ0n) is 8.06. The molecule has 0 spiro atoms. The molecule has 1 heterocycles. The highest BCUT2D eigenvalue weighted by molar-refractivity contribution is 5.00. The van der Waals surface area contributed by atoms with E-state index in [1.165, 1.54) is 0 Å². The minimum absolute atomic E-state index is 0.0264. The Hall–Kier alpha value is -0.160. The third kappa shape index (κ3) is 2.02. The molecule has 1 aliphatic heterocycles. The van der Waals surface area contributed by atoms with Gasteiger partial charge in [-0.3, -0.25) is 4.90 Å². The SMILES string of the molecule is CCCCN1[C@H](CO)C(O)[C@H]1CO. The third-order valence-electron chi connectivity index (χ3n) is 2.78. The monoisotopic (exact) mass is 189 g/mol. The summed E-state index contributed by atoms with van der Waals surface area (Å²) in [4.78, 5) is 1.98. The molecule has 0 aromatic carbocycles. The maximum absolute atomic E-state index is 9.48. The molecule has 0 aromatic rings. The lowest BCUT2D eigenvalue weighted by molar-refractivity contribution is -0.147. The first-order valence-corrected chi connectivity index (χ1v) is 4.91. The summed E-state index contributed by atoms with van der Waals surface area (Å²) < 4.78 is 0. The summed E-state index contributed by atoms with van der Waals surface area (Å²) in [6, 6.07) is -0.326. The van der Waals surface area contributed by atoms with Gasteiger partial charge in [-0.2, -0.15) is 0 Å². The van der Waals surface area contributed by atoms with Crippen molar-refractivity contribution >= 4 is 0 Å². The molecular weight excluding hydrogens is 170 g/mol. The topological polar surface area (TPSA) is 63.9 Å². The van der Waals surface area contributed by atoms with Gasteiger partial charge in [0.15, 0.2) is 0 Å². The molecule has 1 rings (SSSR count). The van der Waals surface area contributed by atoms with Gasteiger partial charge in [0, 0.05) is 0 Å². The fourth-order valence-electron chi connectivity index (χ4n) is 1.89. The molecule has 3 N–H and O–H groups in total. The average Bonchev–Trinajstić information content (AvgIpc) is 2.13. The van der Waals surface area contributed by atoms with E-state index in [-0.39, 0.29) is 25.3 Å². The van der Waals surface area contributed by atoms with Gasteiger partial charge >= 0.3 is 0 Å². The third-order valence-corrected chi connectivity index (χ3v) is 2.78. The summed E-state index contributed by atoms with van der Waals surface area (Å²) in [7, 11) is 0. The maximum atomic E-state index is 9.48. The first-order valence-electron chi connectivity index (χ1n) is 4.91. The second-order valence-corrected chi connectivity index (χ2v) is 3.58. The predicted octanol–water partition coefficient (Wildman–Crippen LogP) is -0.815. The van der Waals surface area contributed by atoms with E-state index in [4.69, 9.17) is 10.2 Å². The van der Waals surface area contributed by atoms with Crippen molar-refractivity contribution in [2.75, 3.05) is 19.8 Å². The molecule has 0 amide bonds. The summed E-state index contributed by atoms with van der Waals surface area (Å²) >= 11 is 0. The molecule has 1 saturated heterocycles. The summed E-state index contributed by atoms with van der Waals surface area (Å²) in [5, 5.41) is 27.4. The Morgan fingerprint density at radius 3 is 2.08 bits per heavy atom. The number of rotatable bonds is 5. The van der Waals surface area contributed by atoms with Crippen LogP contribution in [0, 0.1) is 0 Å². The predicted molar refractivity (Wildman–Crippen MR) is 49.4 cm³/mol. The Labute approximate surface area is 78.8 Å². The van der Waals surface area contributed by atoms with Crippen molar-refractivity contribution in [3.63, 3.8) is 0 Å². The van der Waals surface area contributed by atoms with Crippen LogP contribution in [0.4, 0.5) is 0 Å². The normalized spacial score (nSPS) is 30.5. The van der Waals surface area contributed by atoms with Crippen LogP contribution in [-0.4, -0.2) is 58.2 Å². The fourth-order valence-corrected chi connectivity index (χ4v) is 1.89. The molecule has 13 heavy (non-hydrogen) atoms. The highest BCUT2D eigenvalue weighted by Crippen LogP contribution is 2.25. The van der Waals surface area contributed by atoms with Gasteiger partial charge in [0.1, 0.15) is 0 Å². The second kappa shape index (κ2) is 4.91. The molecule has 4 nitrogen and oxygen atoms in total. The summed E-state index contributed by atoms with van der Waals surface area (Å²) in [5.41, 5.74) is 0. The average molecular weight is 189 g/mol.